The van der Waals surface area contributed by atoms with E-state index in [1.807, 2.05) is 6.20 Å². The van der Waals surface area contributed by atoms with Gasteiger partial charge in [-0.2, -0.15) is 4.98 Å². The van der Waals surface area contributed by atoms with Crippen molar-refractivity contribution in [2.24, 2.45) is 0 Å². The zero-order valence-corrected chi connectivity index (χ0v) is 10.2. The van der Waals surface area contributed by atoms with E-state index in [2.05, 4.69) is 19.9 Å². The molecule has 0 aliphatic rings. The van der Waals surface area contributed by atoms with Crippen molar-refractivity contribution in [3.63, 3.8) is 0 Å². The molecule has 0 amide bonds. The monoisotopic (exact) mass is 268 g/mol. The number of H-pyrrole nitrogens is 1. The van der Waals surface area contributed by atoms with Crippen LogP contribution in [-0.2, 0) is 0 Å². The van der Waals surface area contributed by atoms with Gasteiger partial charge in [-0.1, -0.05) is 0 Å². The molecule has 0 bridgehead atoms. The zero-order valence-electron chi connectivity index (χ0n) is 10.2. The van der Waals surface area contributed by atoms with Crippen molar-refractivity contribution in [2.75, 3.05) is 5.73 Å². The van der Waals surface area contributed by atoms with Gasteiger partial charge in [-0.15, -0.1) is 0 Å². The van der Waals surface area contributed by atoms with E-state index in [4.69, 9.17) is 5.73 Å². The van der Waals surface area contributed by atoms with Crippen LogP contribution in [0.1, 0.15) is 0 Å². The smallest absolute Gasteiger partial charge is 0.221 e. The maximum absolute atomic E-state index is 14.0. The molecule has 0 aliphatic heterocycles. The second kappa shape index (κ2) is 3.77. The van der Waals surface area contributed by atoms with Gasteiger partial charge in [0.1, 0.15) is 5.65 Å². The van der Waals surface area contributed by atoms with E-state index in [0.29, 0.717) is 16.9 Å². The highest BCUT2D eigenvalue weighted by molar-refractivity contribution is 5.93. The van der Waals surface area contributed by atoms with E-state index in [0.717, 1.165) is 10.9 Å². The Morgan fingerprint density at radius 1 is 1.30 bits per heavy atom. The normalized spacial score (nSPS) is 11.4. The molecule has 0 aliphatic carbocycles. The lowest BCUT2D eigenvalue weighted by Crippen LogP contribution is -1.93. The van der Waals surface area contributed by atoms with Gasteiger partial charge in [0.05, 0.1) is 0 Å². The Bertz CT molecular complexity index is 938. The first-order valence-corrected chi connectivity index (χ1v) is 5.94. The Morgan fingerprint density at radius 2 is 2.20 bits per heavy atom. The molecule has 0 radical (unpaired) electrons. The fraction of sp³-hybridized carbons (Fsp3) is 0. The molecule has 6 nitrogen and oxygen atoms in total. The van der Waals surface area contributed by atoms with Crippen molar-refractivity contribution in [2.45, 2.75) is 0 Å². The molecule has 3 N–H and O–H groups in total. The molecule has 98 valence electrons. The number of hydrogen-bond donors (Lipinski definition) is 2. The lowest BCUT2D eigenvalue weighted by atomic mass is 10.1. The molecule has 4 rings (SSSR count). The minimum atomic E-state index is -0.377. The molecule has 4 aromatic heterocycles. The summed E-state index contributed by atoms with van der Waals surface area (Å²) in [7, 11) is 0. The molecule has 0 saturated heterocycles. The molecule has 0 unspecified atom stereocenters. The van der Waals surface area contributed by atoms with Gasteiger partial charge in [0, 0.05) is 47.5 Å². The summed E-state index contributed by atoms with van der Waals surface area (Å²) in [5.74, 6) is -0.180. The Balaban J connectivity index is 2.00. The Morgan fingerprint density at radius 3 is 3.10 bits per heavy atom. The van der Waals surface area contributed by atoms with Gasteiger partial charge in [0.15, 0.2) is 11.5 Å². The summed E-state index contributed by atoms with van der Waals surface area (Å²) in [4.78, 5) is 15.0. The molecule has 4 heterocycles. The molecule has 20 heavy (non-hydrogen) atoms. The second-order valence-electron chi connectivity index (χ2n) is 4.43. The number of imidazole rings is 1. The maximum atomic E-state index is 14.0. The van der Waals surface area contributed by atoms with E-state index in [9.17, 15) is 4.39 Å². The van der Waals surface area contributed by atoms with Gasteiger partial charge in [0.25, 0.3) is 0 Å². The van der Waals surface area contributed by atoms with Gasteiger partial charge < -0.3 is 15.1 Å². The fourth-order valence-corrected chi connectivity index (χ4v) is 2.30. The van der Waals surface area contributed by atoms with Crippen molar-refractivity contribution >= 4 is 22.6 Å². The summed E-state index contributed by atoms with van der Waals surface area (Å²) in [6.45, 7) is 0. The molecule has 0 atom stereocenters. The number of halogens is 1. The number of nitrogens with one attached hydrogen (secondary N) is 1. The predicted octanol–water partition coefficient (Wildman–Crippen LogP) is 1.99. The molecule has 0 spiro atoms. The average Bonchev–Trinajstić information content (AvgIpc) is 3.03. The van der Waals surface area contributed by atoms with Gasteiger partial charge in [-0.25, -0.2) is 14.4 Å². The lowest BCUT2D eigenvalue weighted by Gasteiger charge is -2.02. The number of nitrogen functional groups attached to an aromatic ring is 1. The van der Waals surface area contributed by atoms with Crippen LogP contribution in [0.2, 0.25) is 0 Å². The summed E-state index contributed by atoms with van der Waals surface area (Å²) in [6, 6.07) is 1.45. The third-order valence-corrected chi connectivity index (χ3v) is 3.20. The van der Waals surface area contributed by atoms with Crippen LogP contribution in [0.5, 0.6) is 0 Å². The summed E-state index contributed by atoms with van der Waals surface area (Å²) in [5, 5.41) is 0.790. The minimum Gasteiger partial charge on any atom is -0.368 e. The quantitative estimate of drug-likeness (QED) is 0.553. The number of anilines is 1. The number of nitrogens with two attached hydrogens (primary N) is 1. The highest BCUT2D eigenvalue weighted by Crippen LogP contribution is 2.28. The number of aromatic amines is 1. The van der Waals surface area contributed by atoms with Crippen LogP contribution in [0, 0.1) is 5.82 Å². The van der Waals surface area contributed by atoms with Crippen LogP contribution >= 0.6 is 0 Å². The first-order chi connectivity index (χ1) is 9.72. The van der Waals surface area contributed by atoms with Crippen molar-refractivity contribution in [3.05, 3.63) is 42.9 Å². The molecular weight excluding hydrogens is 259 g/mol. The summed E-state index contributed by atoms with van der Waals surface area (Å²) >= 11 is 0. The Labute approximate surface area is 112 Å². The number of nitrogens with zero attached hydrogens (tertiary/aromatic N) is 4. The van der Waals surface area contributed by atoms with Crippen LogP contribution in [0.4, 0.5) is 10.3 Å². The Kier molecular flexibility index (Phi) is 2.06. The highest BCUT2D eigenvalue weighted by Gasteiger charge is 2.11. The number of rotatable bonds is 1. The fourth-order valence-electron chi connectivity index (χ4n) is 2.30. The molecule has 0 fully saturated rings. The highest BCUT2D eigenvalue weighted by atomic mass is 19.1. The Hall–Kier alpha value is -2.96. The van der Waals surface area contributed by atoms with Crippen molar-refractivity contribution in [1.82, 2.24) is 24.3 Å². The van der Waals surface area contributed by atoms with Crippen LogP contribution in [0.15, 0.2) is 37.1 Å². The van der Waals surface area contributed by atoms with Gasteiger partial charge in [-0.3, -0.25) is 0 Å². The molecule has 4 aromatic rings. The molecule has 0 aromatic carbocycles. The van der Waals surface area contributed by atoms with Gasteiger partial charge in [0.2, 0.25) is 5.95 Å². The topological polar surface area (TPSA) is 84.9 Å². The van der Waals surface area contributed by atoms with E-state index < -0.39 is 0 Å². The van der Waals surface area contributed by atoms with Gasteiger partial charge in [-0.05, 0) is 6.07 Å². The SMILES string of the molecule is Nc1ncc2c(-c3cc(F)c4nccn4c3)c[nH]c2n1. The molecular formula is C13H9FN6. The zero-order chi connectivity index (χ0) is 13.7. The number of pyridine rings is 1. The van der Waals surface area contributed by atoms with Crippen LogP contribution < -0.4 is 5.73 Å². The predicted molar refractivity (Wildman–Crippen MR) is 72.4 cm³/mol. The van der Waals surface area contributed by atoms with Crippen LogP contribution in [-0.4, -0.2) is 24.3 Å². The molecule has 0 saturated carbocycles. The summed E-state index contributed by atoms with van der Waals surface area (Å²) in [5.41, 5.74) is 8.00. The summed E-state index contributed by atoms with van der Waals surface area (Å²) < 4.78 is 15.6. The number of aromatic nitrogens is 5. The first-order valence-electron chi connectivity index (χ1n) is 5.94. The lowest BCUT2D eigenvalue weighted by molar-refractivity contribution is 0.630. The average molecular weight is 268 g/mol. The molecule has 7 heteroatoms. The third-order valence-electron chi connectivity index (χ3n) is 3.20. The van der Waals surface area contributed by atoms with Gasteiger partial charge >= 0.3 is 0 Å². The van der Waals surface area contributed by atoms with E-state index in [1.54, 1.807) is 29.2 Å². The van der Waals surface area contributed by atoms with E-state index >= 15 is 0 Å². The summed E-state index contributed by atoms with van der Waals surface area (Å²) in [6.07, 6.45) is 8.45. The van der Waals surface area contributed by atoms with Crippen LogP contribution in [0.25, 0.3) is 27.8 Å². The van der Waals surface area contributed by atoms with Crippen molar-refractivity contribution in [3.8, 4) is 11.1 Å². The minimum absolute atomic E-state index is 0.196. The second-order valence-corrected chi connectivity index (χ2v) is 4.43. The standard InChI is InChI=1S/C13H9FN6/c14-10-3-7(6-20-2-1-16-12(10)20)8-4-17-11-9(8)5-18-13(15)19-11/h1-6H,(H3,15,17,18,19). The first kappa shape index (κ1) is 10.9. The third kappa shape index (κ3) is 1.46. The number of hydrogen-bond acceptors (Lipinski definition) is 4. The van der Waals surface area contributed by atoms with Crippen LogP contribution in [0.3, 0.4) is 0 Å². The van der Waals surface area contributed by atoms with Crippen molar-refractivity contribution in [1.29, 1.82) is 0 Å². The number of fused-ring (bicyclic) bond motifs is 2. The van der Waals surface area contributed by atoms with E-state index in [-0.39, 0.29) is 11.8 Å². The largest absolute Gasteiger partial charge is 0.368 e. The van der Waals surface area contributed by atoms with E-state index in [1.165, 1.54) is 6.07 Å². The maximum Gasteiger partial charge on any atom is 0.221 e. The van der Waals surface area contributed by atoms with Crippen molar-refractivity contribution < 1.29 is 4.39 Å².